The first-order valence-electron chi connectivity index (χ1n) is 8.95. The van der Waals surface area contributed by atoms with Crippen LogP contribution in [0.15, 0.2) is 65.6 Å². The van der Waals surface area contributed by atoms with Crippen LogP contribution in [0.25, 0.3) is 28.3 Å². The van der Waals surface area contributed by atoms with Crippen molar-refractivity contribution in [2.45, 2.75) is 12.8 Å². The zero-order chi connectivity index (χ0) is 18.4. The first-order valence-corrected chi connectivity index (χ1v) is 8.95. The molecule has 142 valence electrons. The van der Waals surface area contributed by atoms with Crippen LogP contribution in [0.2, 0.25) is 0 Å². The first kappa shape index (κ1) is 18.4. The summed E-state index contributed by atoms with van der Waals surface area (Å²) in [5.41, 5.74) is 3.76. The zero-order valence-corrected chi connectivity index (χ0v) is 16.6. The molecule has 0 amide bonds. The van der Waals surface area contributed by atoms with Crippen molar-refractivity contribution >= 4 is 28.3 Å². The molecular weight excluding hydrogens is 423 g/mol. The number of hydrogen-bond donors (Lipinski definition) is 1. The maximum Gasteiger partial charge on any atom is 0.283 e. The lowest BCUT2D eigenvalue weighted by Crippen LogP contribution is -2.32. The molecule has 1 aliphatic heterocycles. The predicted molar refractivity (Wildman–Crippen MR) is 112 cm³/mol. The molecule has 1 N–H and O–H groups in total. The summed E-state index contributed by atoms with van der Waals surface area (Å²) in [6.45, 7) is 0.864. The Balaban J connectivity index is 0.00000192. The highest BCUT2D eigenvalue weighted by Gasteiger charge is 2.20. The number of imidazole rings is 1. The molecule has 1 aliphatic rings. The second kappa shape index (κ2) is 7.24. The Bertz CT molecular complexity index is 1240. The zero-order valence-electron chi connectivity index (χ0n) is 14.9. The Morgan fingerprint density at radius 3 is 2.46 bits per heavy atom. The van der Waals surface area contributed by atoms with Crippen LogP contribution < -0.4 is 16.1 Å². The van der Waals surface area contributed by atoms with E-state index in [1.165, 1.54) is 12.1 Å². The van der Waals surface area contributed by atoms with Gasteiger partial charge in [-0.1, -0.05) is 18.2 Å². The third kappa shape index (κ3) is 2.92. The fourth-order valence-electron chi connectivity index (χ4n) is 3.63. The lowest BCUT2D eigenvalue weighted by Gasteiger charge is -2.03. The fourth-order valence-corrected chi connectivity index (χ4v) is 3.63. The van der Waals surface area contributed by atoms with Gasteiger partial charge < -0.3 is 5.32 Å². The molecule has 0 unspecified atom stereocenters. The molecule has 5 rings (SSSR count). The molecule has 0 spiro atoms. The van der Waals surface area contributed by atoms with E-state index in [0.717, 1.165) is 36.3 Å². The van der Waals surface area contributed by atoms with Crippen LogP contribution in [0.3, 0.4) is 0 Å². The minimum atomic E-state index is -0.287. The molecule has 0 atom stereocenters. The van der Waals surface area contributed by atoms with Gasteiger partial charge in [-0.2, -0.15) is 0 Å². The maximum atomic E-state index is 13.3. The average Bonchev–Trinajstić information content (AvgIpc) is 3.39. The summed E-state index contributed by atoms with van der Waals surface area (Å²) in [4.78, 5) is 17.9. The molecule has 4 aromatic rings. The van der Waals surface area contributed by atoms with Crippen molar-refractivity contribution in [3.8, 4) is 16.9 Å². The molecule has 2 aromatic carbocycles. The normalized spacial score (nSPS) is 15.5. The number of aromatic nitrogens is 3. The standard InChI is InChI=1S/C21H17FN4O.BrH/c22-15-10-8-14(9-11-15)18-13-25-20(24-18)19(17-7-4-12-23-17)21(27)26(25)16-5-2-1-3-6-16;/h1-3,5-6,8-11,13,23H,4,7,12H2;1H/b19-17-;. The topological polar surface area (TPSA) is 51.3 Å². The first-order chi connectivity index (χ1) is 13.2. The molecule has 3 heterocycles. The molecule has 28 heavy (non-hydrogen) atoms. The van der Waals surface area contributed by atoms with Crippen molar-refractivity contribution in [3.63, 3.8) is 0 Å². The van der Waals surface area contributed by atoms with E-state index in [1.54, 1.807) is 21.3 Å². The van der Waals surface area contributed by atoms with E-state index in [9.17, 15) is 9.18 Å². The summed E-state index contributed by atoms with van der Waals surface area (Å²) in [5.74, 6) is -0.287. The lowest BCUT2D eigenvalue weighted by atomic mass is 10.2. The second-order valence-corrected chi connectivity index (χ2v) is 6.64. The molecule has 0 saturated carbocycles. The van der Waals surface area contributed by atoms with Crippen molar-refractivity contribution in [2.75, 3.05) is 6.54 Å². The largest absolute Gasteiger partial charge is 0.388 e. The molecular formula is C21H18BrFN4O. The summed E-state index contributed by atoms with van der Waals surface area (Å²) >= 11 is 0. The maximum absolute atomic E-state index is 13.3. The summed E-state index contributed by atoms with van der Waals surface area (Å²) in [5, 5.41) is 3.94. The van der Waals surface area contributed by atoms with E-state index in [4.69, 9.17) is 4.98 Å². The summed E-state index contributed by atoms with van der Waals surface area (Å²) in [6.07, 6.45) is 3.67. The Morgan fingerprint density at radius 1 is 1.04 bits per heavy atom. The van der Waals surface area contributed by atoms with E-state index >= 15 is 0 Å². The van der Waals surface area contributed by atoms with Crippen LogP contribution in [-0.4, -0.2) is 20.7 Å². The van der Waals surface area contributed by atoms with Gasteiger partial charge in [0.2, 0.25) is 0 Å². The molecule has 2 aromatic heterocycles. The Hall–Kier alpha value is -2.93. The number of fused-ring (bicyclic) bond motifs is 1. The molecule has 0 radical (unpaired) electrons. The van der Waals surface area contributed by atoms with E-state index in [0.29, 0.717) is 16.6 Å². The highest BCUT2D eigenvalue weighted by molar-refractivity contribution is 8.93. The monoisotopic (exact) mass is 440 g/mol. The van der Waals surface area contributed by atoms with Crippen molar-refractivity contribution < 1.29 is 4.39 Å². The Kier molecular flexibility index (Phi) is 4.77. The summed E-state index contributed by atoms with van der Waals surface area (Å²) in [6, 6.07) is 15.7. The van der Waals surface area contributed by atoms with Gasteiger partial charge in [-0.25, -0.2) is 18.6 Å². The van der Waals surface area contributed by atoms with Gasteiger partial charge in [-0.05, 0) is 49.2 Å². The number of hydrogen-bond acceptors (Lipinski definition) is 3. The van der Waals surface area contributed by atoms with E-state index < -0.39 is 0 Å². The van der Waals surface area contributed by atoms with E-state index in [-0.39, 0.29) is 28.4 Å². The summed E-state index contributed by atoms with van der Waals surface area (Å²) < 4.78 is 16.7. The smallest absolute Gasteiger partial charge is 0.283 e. The minimum Gasteiger partial charge on any atom is -0.388 e. The van der Waals surface area contributed by atoms with Gasteiger partial charge in [-0.3, -0.25) is 4.79 Å². The molecule has 1 fully saturated rings. The predicted octanol–water partition coefficient (Wildman–Crippen LogP) is 3.08. The van der Waals surface area contributed by atoms with Crippen LogP contribution in [0.4, 0.5) is 4.39 Å². The number of rotatable bonds is 2. The van der Waals surface area contributed by atoms with Gasteiger partial charge in [0.25, 0.3) is 5.56 Å². The number of nitrogens with zero attached hydrogens (tertiary/aromatic N) is 3. The van der Waals surface area contributed by atoms with Crippen molar-refractivity contribution in [2.24, 2.45) is 0 Å². The number of benzene rings is 2. The van der Waals surface area contributed by atoms with Crippen LogP contribution >= 0.6 is 17.0 Å². The van der Waals surface area contributed by atoms with Crippen molar-refractivity contribution in [1.82, 2.24) is 19.5 Å². The van der Waals surface area contributed by atoms with Gasteiger partial charge in [0, 0.05) is 17.8 Å². The van der Waals surface area contributed by atoms with Gasteiger partial charge in [-0.15, -0.1) is 17.0 Å². The highest BCUT2D eigenvalue weighted by Crippen LogP contribution is 2.20. The summed E-state index contributed by atoms with van der Waals surface area (Å²) in [7, 11) is 0. The number of halogens is 2. The SMILES string of the molecule is Br.O=c1/c(=C2/CCCN2)c2nc(-c3ccc(F)cc3)cn2n1-c1ccccc1. The van der Waals surface area contributed by atoms with Crippen LogP contribution in [0, 0.1) is 5.82 Å². The van der Waals surface area contributed by atoms with Gasteiger partial charge in [0.15, 0.2) is 5.65 Å². The number of para-hydroxylation sites is 1. The van der Waals surface area contributed by atoms with Crippen LogP contribution in [-0.2, 0) is 0 Å². The highest BCUT2D eigenvalue weighted by atomic mass is 79.9. The molecule has 1 saturated heterocycles. The van der Waals surface area contributed by atoms with Gasteiger partial charge >= 0.3 is 0 Å². The lowest BCUT2D eigenvalue weighted by molar-refractivity contribution is 0.628. The molecule has 7 heteroatoms. The van der Waals surface area contributed by atoms with E-state index in [2.05, 4.69) is 5.32 Å². The molecule has 5 nitrogen and oxygen atoms in total. The third-order valence-corrected chi connectivity index (χ3v) is 4.92. The van der Waals surface area contributed by atoms with Crippen LogP contribution in [0.1, 0.15) is 12.8 Å². The Labute approximate surface area is 170 Å². The Morgan fingerprint density at radius 2 is 1.79 bits per heavy atom. The third-order valence-electron chi connectivity index (χ3n) is 4.92. The van der Waals surface area contributed by atoms with Crippen LogP contribution in [0.5, 0.6) is 0 Å². The van der Waals surface area contributed by atoms with Crippen molar-refractivity contribution in [1.29, 1.82) is 0 Å². The average molecular weight is 441 g/mol. The molecule has 0 aliphatic carbocycles. The van der Waals surface area contributed by atoms with Gasteiger partial charge in [0.05, 0.1) is 17.6 Å². The van der Waals surface area contributed by atoms with Crippen molar-refractivity contribution in [3.05, 3.63) is 82.2 Å². The molecule has 0 bridgehead atoms. The quantitative estimate of drug-likeness (QED) is 0.521. The van der Waals surface area contributed by atoms with Gasteiger partial charge in [0.1, 0.15) is 11.0 Å². The van der Waals surface area contributed by atoms with E-state index in [1.807, 2.05) is 36.5 Å². The number of nitrogens with one attached hydrogen (secondary N) is 1. The fraction of sp³-hybridized carbons (Fsp3) is 0.143. The second-order valence-electron chi connectivity index (χ2n) is 6.64. The minimum absolute atomic E-state index is 0.